The second kappa shape index (κ2) is 5.28. The van der Waals surface area contributed by atoms with Gasteiger partial charge in [-0.1, -0.05) is 0 Å². The molecule has 0 radical (unpaired) electrons. The summed E-state index contributed by atoms with van der Waals surface area (Å²) in [5.74, 6) is 0. The highest BCUT2D eigenvalue weighted by molar-refractivity contribution is 5.58. The Balaban J connectivity index is 1.98. The lowest BCUT2D eigenvalue weighted by molar-refractivity contribution is 0.253. The lowest BCUT2D eigenvalue weighted by atomic mass is 10.0. The lowest BCUT2D eigenvalue weighted by Crippen LogP contribution is -2.16. The average Bonchev–Trinajstić information content (AvgIpc) is 3.11. The number of nitrogens with zero attached hydrogens (tertiary/aromatic N) is 1. The van der Waals surface area contributed by atoms with Crippen molar-refractivity contribution >= 4 is 11.4 Å². The summed E-state index contributed by atoms with van der Waals surface area (Å²) in [7, 11) is 0. The number of nitrogen functional groups attached to an aromatic ring is 1. The maximum Gasteiger partial charge on any atom is 0.0670 e. The first kappa shape index (κ1) is 12.7. The van der Waals surface area contributed by atoms with Crippen molar-refractivity contribution in [3.05, 3.63) is 23.8 Å². The van der Waals surface area contributed by atoms with E-state index >= 15 is 0 Å². The van der Waals surface area contributed by atoms with Gasteiger partial charge in [-0.05, 0) is 48.4 Å². The Bertz CT molecular complexity index is 461. The quantitative estimate of drug-likeness (QED) is 0.669. The van der Waals surface area contributed by atoms with E-state index in [0.717, 1.165) is 24.2 Å². The lowest BCUT2D eigenvalue weighted by Gasteiger charge is -2.16. The monoisotopic (exact) mass is 245 g/mol. The van der Waals surface area contributed by atoms with Crippen LogP contribution in [0.5, 0.6) is 0 Å². The first-order valence-corrected chi connectivity index (χ1v) is 6.29. The summed E-state index contributed by atoms with van der Waals surface area (Å²) in [4.78, 5) is 0. The van der Waals surface area contributed by atoms with Crippen LogP contribution in [-0.2, 0) is 6.42 Å². The van der Waals surface area contributed by atoms with Gasteiger partial charge < -0.3 is 16.2 Å². The largest absolute Gasteiger partial charge is 0.398 e. The molecule has 0 unspecified atom stereocenters. The minimum Gasteiger partial charge on any atom is -0.398 e. The van der Waals surface area contributed by atoms with Gasteiger partial charge in [0.1, 0.15) is 0 Å². The van der Waals surface area contributed by atoms with Gasteiger partial charge in [-0.15, -0.1) is 0 Å². The van der Waals surface area contributed by atoms with Crippen LogP contribution in [0.1, 0.15) is 24.8 Å². The molecule has 1 aromatic rings. The average molecular weight is 245 g/mol. The van der Waals surface area contributed by atoms with Gasteiger partial charge in [0.05, 0.1) is 12.5 Å². The van der Waals surface area contributed by atoms with Gasteiger partial charge >= 0.3 is 0 Å². The molecule has 4 N–H and O–H groups in total. The molecule has 4 heteroatoms. The highest BCUT2D eigenvalue weighted by atomic mass is 16.3. The predicted molar refractivity (Wildman–Crippen MR) is 72.0 cm³/mol. The SMILES string of the molecule is N#CCc1cc(NCC2(CCO)CC2)ccc1N. The molecular formula is C14H19N3O. The maximum atomic E-state index is 9.01. The second-order valence-electron chi connectivity index (χ2n) is 5.08. The zero-order chi connectivity index (χ0) is 13.0. The van der Waals surface area contributed by atoms with Gasteiger partial charge in [0.25, 0.3) is 0 Å². The fourth-order valence-electron chi connectivity index (χ4n) is 2.17. The summed E-state index contributed by atoms with van der Waals surface area (Å²) in [6.07, 6.45) is 3.56. The Morgan fingerprint density at radius 3 is 2.83 bits per heavy atom. The molecule has 1 aromatic carbocycles. The van der Waals surface area contributed by atoms with E-state index in [4.69, 9.17) is 16.1 Å². The van der Waals surface area contributed by atoms with Crippen LogP contribution in [0.3, 0.4) is 0 Å². The van der Waals surface area contributed by atoms with E-state index in [1.54, 1.807) is 0 Å². The maximum absolute atomic E-state index is 9.01. The Labute approximate surface area is 107 Å². The molecule has 96 valence electrons. The summed E-state index contributed by atoms with van der Waals surface area (Å²) in [5, 5.41) is 21.1. The van der Waals surface area contributed by atoms with Gasteiger partial charge in [-0.25, -0.2) is 0 Å². The predicted octanol–water partition coefficient (Wildman–Crippen LogP) is 1.91. The molecule has 1 fully saturated rings. The summed E-state index contributed by atoms with van der Waals surface area (Å²) in [5.41, 5.74) is 8.62. The summed E-state index contributed by atoms with van der Waals surface area (Å²) in [6.45, 7) is 1.13. The smallest absolute Gasteiger partial charge is 0.0670 e. The minimum atomic E-state index is 0.253. The summed E-state index contributed by atoms with van der Waals surface area (Å²) >= 11 is 0. The molecule has 0 heterocycles. The molecule has 1 aliphatic rings. The van der Waals surface area contributed by atoms with E-state index in [2.05, 4.69) is 11.4 Å². The Hall–Kier alpha value is -1.73. The van der Waals surface area contributed by atoms with Crippen LogP contribution in [0.15, 0.2) is 18.2 Å². The Morgan fingerprint density at radius 1 is 1.44 bits per heavy atom. The molecule has 0 amide bonds. The first-order chi connectivity index (χ1) is 8.69. The van der Waals surface area contributed by atoms with E-state index in [1.165, 1.54) is 12.8 Å². The molecule has 0 saturated heterocycles. The zero-order valence-corrected chi connectivity index (χ0v) is 10.4. The molecule has 0 aliphatic heterocycles. The van der Waals surface area contributed by atoms with Crippen LogP contribution < -0.4 is 11.1 Å². The molecule has 0 spiro atoms. The number of nitrogens with two attached hydrogens (primary N) is 1. The molecule has 18 heavy (non-hydrogen) atoms. The van der Waals surface area contributed by atoms with Crippen molar-refractivity contribution in [1.29, 1.82) is 5.26 Å². The molecule has 0 bridgehead atoms. The van der Waals surface area contributed by atoms with Crippen molar-refractivity contribution in [3.63, 3.8) is 0 Å². The number of rotatable bonds is 6. The first-order valence-electron chi connectivity index (χ1n) is 6.29. The topological polar surface area (TPSA) is 82.1 Å². The van der Waals surface area contributed by atoms with Crippen molar-refractivity contribution in [1.82, 2.24) is 0 Å². The van der Waals surface area contributed by atoms with Gasteiger partial charge in [0.15, 0.2) is 0 Å². The van der Waals surface area contributed by atoms with Crippen molar-refractivity contribution < 1.29 is 5.11 Å². The summed E-state index contributed by atoms with van der Waals surface area (Å²) < 4.78 is 0. The number of aliphatic hydroxyl groups is 1. The molecule has 1 aliphatic carbocycles. The number of hydrogen-bond donors (Lipinski definition) is 3. The van der Waals surface area contributed by atoms with Gasteiger partial charge in [0, 0.05) is 24.5 Å². The Kier molecular flexibility index (Phi) is 3.73. The van der Waals surface area contributed by atoms with Crippen LogP contribution in [0, 0.1) is 16.7 Å². The van der Waals surface area contributed by atoms with E-state index in [0.29, 0.717) is 12.1 Å². The van der Waals surface area contributed by atoms with Crippen molar-refractivity contribution in [2.24, 2.45) is 5.41 Å². The van der Waals surface area contributed by atoms with Crippen LogP contribution in [0.25, 0.3) is 0 Å². The molecule has 2 rings (SSSR count). The molecule has 4 nitrogen and oxygen atoms in total. The molecule has 0 aromatic heterocycles. The van der Waals surface area contributed by atoms with Crippen LogP contribution in [0.2, 0.25) is 0 Å². The Morgan fingerprint density at radius 2 is 2.22 bits per heavy atom. The van der Waals surface area contributed by atoms with Gasteiger partial charge in [-0.3, -0.25) is 0 Å². The number of nitrogens with one attached hydrogen (secondary N) is 1. The third-order valence-electron chi connectivity index (χ3n) is 3.68. The second-order valence-corrected chi connectivity index (χ2v) is 5.08. The van der Waals surface area contributed by atoms with E-state index in [9.17, 15) is 0 Å². The van der Waals surface area contributed by atoms with Gasteiger partial charge in [-0.2, -0.15) is 5.26 Å². The number of anilines is 2. The molecule has 1 saturated carbocycles. The fraction of sp³-hybridized carbons (Fsp3) is 0.500. The highest BCUT2D eigenvalue weighted by Crippen LogP contribution is 2.48. The summed E-state index contributed by atoms with van der Waals surface area (Å²) in [6, 6.07) is 7.82. The number of nitriles is 1. The third kappa shape index (κ3) is 2.93. The van der Waals surface area contributed by atoms with Crippen LogP contribution in [0.4, 0.5) is 11.4 Å². The van der Waals surface area contributed by atoms with Crippen LogP contribution in [-0.4, -0.2) is 18.3 Å². The van der Waals surface area contributed by atoms with Crippen LogP contribution >= 0.6 is 0 Å². The van der Waals surface area contributed by atoms with E-state index in [1.807, 2.05) is 18.2 Å². The van der Waals surface area contributed by atoms with E-state index in [-0.39, 0.29) is 12.0 Å². The molecular weight excluding hydrogens is 226 g/mol. The number of aliphatic hydroxyl groups excluding tert-OH is 1. The number of hydrogen-bond acceptors (Lipinski definition) is 4. The van der Waals surface area contributed by atoms with E-state index < -0.39 is 0 Å². The number of benzene rings is 1. The zero-order valence-electron chi connectivity index (χ0n) is 10.4. The van der Waals surface area contributed by atoms with Crippen molar-refractivity contribution in [2.45, 2.75) is 25.7 Å². The van der Waals surface area contributed by atoms with Gasteiger partial charge in [0.2, 0.25) is 0 Å². The highest BCUT2D eigenvalue weighted by Gasteiger charge is 2.41. The standard InChI is InChI=1S/C14H19N3O/c15-7-3-11-9-12(1-2-13(11)16)17-10-14(4-5-14)6-8-18/h1-2,9,17-18H,3-6,8,10,16H2. The normalized spacial score (nSPS) is 16.0. The fourth-order valence-corrected chi connectivity index (χ4v) is 2.17. The minimum absolute atomic E-state index is 0.253. The van der Waals surface area contributed by atoms with Crippen molar-refractivity contribution in [3.8, 4) is 6.07 Å². The molecule has 0 atom stereocenters. The van der Waals surface area contributed by atoms with Crippen molar-refractivity contribution in [2.75, 3.05) is 24.2 Å². The third-order valence-corrected chi connectivity index (χ3v) is 3.68.